The summed E-state index contributed by atoms with van der Waals surface area (Å²) < 4.78 is 13.2. The molecule has 0 saturated heterocycles. The zero-order valence-corrected chi connectivity index (χ0v) is 22.9. The number of carboxylic acid groups (broad SMARTS) is 1. The van der Waals surface area contributed by atoms with Gasteiger partial charge in [-0.3, -0.25) is 23.9 Å². The van der Waals surface area contributed by atoms with Gasteiger partial charge in [0.15, 0.2) is 0 Å². The van der Waals surface area contributed by atoms with E-state index in [9.17, 15) is 24.3 Å². The molecule has 0 spiro atoms. The smallest absolute Gasteiger partial charge is 0.328 e. The van der Waals surface area contributed by atoms with Crippen LogP contribution in [-0.4, -0.2) is 51.3 Å². The molecular weight excluding hydrogens is 526 g/mol. The Morgan fingerprint density at radius 2 is 1.46 bits per heavy atom. The van der Waals surface area contributed by atoms with Gasteiger partial charge in [0.2, 0.25) is 5.91 Å². The molecule has 0 saturated carbocycles. The van der Waals surface area contributed by atoms with E-state index in [1.165, 1.54) is 13.1 Å². The van der Waals surface area contributed by atoms with Gasteiger partial charge in [-0.1, -0.05) is 72.8 Å². The molecule has 3 aromatic carbocycles. The number of amides is 1. The number of aliphatic carboxylic acids is 1. The molecule has 1 amide bonds. The Bertz CT molecular complexity index is 1570. The standard InChI is InChI=1S/C31H31N3O7/c1-21-18-33(30(39)32-29(21)38)19-27(35)34(20-28(36)37)22(2)41-31(23-10-6-4-7-11-23,24-12-8-5-9-13-24)25-14-16-26(40-3)17-15-25/h4-18,22H,19-20H2,1-3H3,(H,36,37)(H,32,38,39). The van der Waals surface area contributed by atoms with Gasteiger partial charge in [0, 0.05) is 11.8 Å². The highest BCUT2D eigenvalue weighted by Crippen LogP contribution is 2.42. The fourth-order valence-corrected chi connectivity index (χ4v) is 4.73. The van der Waals surface area contributed by atoms with Crippen LogP contribution in [-0.2, 0) is 26.5 Å². The van der Waals surface area contributed by atoms with Gasteiger partial charge in [-0.25, -0.2) is 4.79 Å². The summed E-state index contributed by atoms with van der Waals surface area (Å²) >= 11 is 0. The second kappa shape index (κ2) is 12.5. The SMILES string of the molecule is COc1ccc(C(OC(C)N(CC(=O)O)C(=O)Cn2cc(C)c(=O)[nH]c2=O)(c2ccccc2)c2ccccc2)cc1. The van der Waals surface area contributed by atoms with Crippen molar-refractivity contribution >= 4 is 11.9 Å². The van der Waals surface area contributed by atoms with Gasteiger partial charge in [0.1, 0.15) is 30.7 Å². The number of carbonyl (C=O) groups excluding carboxylic acids is 1. The maximum atomic E-state index is 13.5. The van der Waals surface area contributed by atoms with Gasteiger partial charge in [0.25, 0.3) is 5.56 Å². The Balaban J connectivity index is 1.83. The van der Waals surface area contributed by atoms with Gasteiger partial charge in [-0.05, 0) is 42.7 Å². The van der Waals surface area contributed by atoms with Crippen LogP contribution in [0.5, 0.6) is 5.75 Å². The minimum atomic E-state index is -1.27. The normalized spacial score (nSPS) is 12.0. The Labute approximate surface area is 236 Å². The molecule has 2 N–H and O–H groups in total. The predicted molar refractivity (Wildman–Crippen MR) is 152 cm³/mol. The molecule has 0 fully saturated rings. The van der Waals surface area contributed by atoms with Crippen LogP contribution in [0.25, 0.3) is 0 Å². The highest BCUT2D eigenvalue weighted by atomic mass is 16.5. The van der Waals surface area contributed by atoms with Crippen molar-refractivity contribution in [3.05, 3.63) is 134 Å². The lowest BCUT2D eigenvalue weighted by atomic mass is 9.80. The average molecular weight is 558 g/mol. The van der Waals surface area contributed by atoms with Crippen molar-refractivity contribution in [2.24, 2.45) is 0 Å². The number of hydrogen-bond donors (Lipinski definition) is 2. The first kappa shape index (κ1) is 29.0. The minimum absolute atomic E-state index is 0.234. The molecular formula is C31H31N3O7. The number of aryl methyl sites for hydroxylation is 1. The Kier molecular flexibility index (Phi) is 8.84. The summed E-state index contributed by atoms with van der Waals surface area (Å²) in [6.45, 7) is 1.91. The third-order valence-electron chi connectivity index (χ3n) is 6.76. The number of benzene rings is 3. The monoisotopic (exact) mass is 557 g/mol. The summed E-state index contributed by atoms with van der Waals surface area (Å²) in [6.07, 6.45) is 0.180. The molecule has 0 bridgehead atoms. The molecule has 10 heteroatoms. The van der Waals surface area contributed by atoms with Gasteiger partial charge in [-0.15, -0.1) is 0 Å². The summed E-state index contributed by atoms with van der Waals surface area (Å²) in [4.78, 5) is 52.8. The number of ether oxygens (including phenoxy) is 2. The summed E-state index contributed by atoms with van der Waals surface area (Å²) in [6, 6.07) is 26.1. The third kappa shape index (κ3) is 6.28. The molecule has 4 rings (SSSR count). The number of carboxylic acids is 1. The van der Waals surface area contributed by atoms with Crippen LogP contribution in [0, 0.1) is 6.92 Å². The van der Waals surface area contributed by atoms with Crippen LogP contribution in [0.15, 0.2) is 101 Å². The average Bonchev–Trinajstić information content (AvgIpc) is 2.98. The number of carbonyl (C=O) groups is 2. The predicted octanol–water partition coefficient (Wildman–Crippen LogP) is 3.12. The molecule has 1 heterocycles. The fraction of sp³-hybridized carbons (Fsp3) is 0.226. The maximum Gasteiger partial charge on any atom is 0.328 e. The zero-order valence-electron chi connectivity index (χ0n) is 22.9. The number of H-pyrrole nitrogens is 1. The van der Waals surface area contributed by atoms with Gasteiger partial charge in [-0.2, -0.15) is 0 Å². The third-order valence-corrected chi connectivity index (χ3v) is 6.76. The highest BCUT2D eigenvalue weighted by molar-refractivity contribution is 5.81. The van der Waals surface area contributed by atoms with Gasteiger partial charge in [0.05, 0.1) is 7.11 Å². The van der Waals surface area contributed by atoms with Crippen molar-refractivity contribution in [3.63, 3.8) is 0 Å². The lowest BCUT2D eigenvalue weighted by Gasteiger charge is -2.41. The van der Waals surface area contributed by atoms with Crippen molar-refractivity contribution in [1.29, 1.82) is 0 Å². The number of methoxy groups -OCH3 is 1. The summed E-state index contributed by atoms with van der Waals surface area (Å²) in [7, 11) is 1.57. The maximum absolute atomic E-state index is 13.5. The van der Waals surface area contributed by atoms with Crippen molar-refractivity contribution in [1.82, 2.24) is 14.5 Å². The number of rotatable bonds is 11. The van der Waals surface area contributed by atoms with Crippen LogP contribution in [0.1, 0.15) is 29.2 Å². The molecule has 0 aliphatic heterocycles. The summed E-state index contributed by atoms with van der Waals surface area (Å²) in [5.74, 6) is -1.30. The Morgan fingerprint density at radius 1 is 0.927 bits per heavy atom. The second-order valence-electron chi connectivity index (χ2n) is 9.47. The number of nitrogens with one attached hydrogen (secondary N) is 1. The molecule has 1 aromatic heterocycles. The summed E-state index contributed by atoms with van der Waals surface area (Å²) in [5, 5.41) is 9.71. The topological polar surface area (TPSA) is 131 Å². The molecule has 1 atom stereocenters. The Hall–Kier alpha value is -4.96. The van der Waals surface area contributed by atoms with E-state index in [0.717, 1.165) is 26.2 Å². The molecule has 1 unspecified atom stereocenters. The fourth-order valence-electron chi connectivity index (χ4n) is 4.73. The van der Waals surface area contributed by atoms with E-state index in [-0.39, 0.29) is 5.56 Å². The number of aromatic nitrogens is 2. The number of hydrogen-bond acceptors (Lipinski definition) is 6. The zero-order chi connectivity index (χ0) is 29.6. The number of nitrogens with zero attached hydrogens (tertiary/aromatic N) is 2. The first-order valence-corrected chi connectivity index (χ1v) is 12.9. The van der Waals surface area contributed by atoms with E-state index >= 15 is 0 Å². The van der Waals surface area contributed by atoms with Crippen LogP contribution in [0.4, 0.5) is 0 Å². The molecule has 41 heavy (non-hydrogen) atoms. The van der Waals surface area contributed by atoms with E-state index < -0.39 is 48.0 Å². The van der Waals surface area contributed by atoms with Gasteiger partial charge >= 0.3 is 11.7 Å². The van der Waals surface area contributed by atoms with Crippen LogP contribution in [0.3, 0.4) is 0 Å². The van der Waals surface area contributed by atoms with Crippen molar-refractivity contribution < 1.29 is 24.2 Å². The highest BCUT2D eigenvalue weighted by Gasteiger charge is 2.41. The van der Waals surface area contributed by atoms with Crippen molar-refractivity contribution in [2.75, 3.05) is 13.7 Å². The van der Waals surface area contributed by atoms with Crippen LogP contribution in [0.2, 0.25) is 0 Å². The lowest BCUT2D eigenvalue weighted by molar-refractivity contribution is -0.165. The lowest BCUT2D eigenvalue weighted by Crippen LogP contribution is -2.49. The largest absolute Gasteiger partial charge is 0.497 e. The molecule has 0 aliphatic carbocycles. The second-order valence-corrected chi connectivity index (χ2v) is 9.47. The van der Waals surface area contributed by atoms with E-state index in [4.69, 9.17) is 9.47 Å². The minimum Gasteiger partial charge on any atom is -0.497 e. The van der Waals surface area contributed by atoms with E-state index in [2.05, 4.69) is 4.98 Å². The van der Waals surface area contributed by atoms with Crippen molar-refractivity contribution in [2.45, 2.75) is 32.2 Å². The van der Waals surface area contributed by atoms with Crippen LogP contribution < -0.4 is 16.0 Å². The van der Waals surface area contributed by atoms with E-state index in [1.807, 2.05) is 72.8 Å². The molecule has 0 aliphatic rings. The number of aromatic amines is 1. The molecule has 0 radical (unpaired) electrons. The van der Waals surface area contributed by atoms with Crippen LogP contribution >= 0.6 is 0 Å². The van der Waals surface area contributed by atoms with E-state index in [0.29, 0.717) is 5.75 Å². The quantitative estimate of drug-likeness (QED) is 0.214. The van der Waals surface area contributed by atoms with E-state index in [1.54, 1.807) is 26.2 Å². The first-order chi connectivity index (χ1) is 19.6. The van der Waals surface area contributed by atoms with Crippen molar-refractivity contribution in [3.8, 4) is 5.75 Å². The first-order valence-electron chi connectivity index (χ1n) is 12.9. The van der Waals surface area contributed by atoms with Gasteiger partial charge < -0.3 is 19.5 Å². The molecule has 4 aromatic rings. The summed E-state index contributed by atoms with van der Waals surface area (Å²) in [5.41, 5.74) is -0.157. The molecule has 10 nitrogen and oxygen atoms in total. The molecule has 212 valence electrons. The Morgan fingerprint density at radius 3 is 1.98 bits per heavy atom.